The summed E-state index contributed by atoms with van der Waals surface area (Å²) in [7, 11) is -3.80. The highest BCUT2D eigenvalue weighted by Gasteiger charge is 2.31. The van der Waals surface area contributed by atoms with Crippen molar-refractivity contribution < 1.29 is 18.0 Å². The Morgan fingerprint density at radius 2 is 1.63 bits per heavy atom. The number of carbonyl (C=O) groups is 2. The minimum atomic E-state index is -3.80. The van der Waals surface area contributed by atoms with E-state index in [0.29, 0.717) is 27.8 Å². The van der Waals surface area contributed by atoms with E-state index in [1.165, 1.54) is 4.90 Å². The van der Waals surface area contributed by atoms with E-state index in [1.54, 1.807) is 37.3 Å². The lowest BCUT2D eigenvalue weighted by Gasteiger charge is -2.32. The number of aryl methyl sites for hydroxylation is 2. The van der Waals surface area contributed by atoms with E-state index in [-0.39, 0.29) is 12.5 Å². The Morgan fingerprint density at radius 3 is 2.14 bits per heavy atom. The van der Waals surface area contributed by atoms with Crippen molar-refractivity contribution in [2.75, 3.05) is 23.7 Å². The van der Waals surface area contributed by atoms with Gasteiger partial charge in [-0.05, 0) is 62.6 Å². The van der Waals surface area contributed by atoms with E-state index in [4.69, 9.17) is 23.2 Å². The second kappa shape index (κ2) is 12.6. The lowest BCUT2D eigenvalue weighted by atomic mass is 10.1. The van der Waals surface area contributed by atoms with Crippen LogP contribution >= 0.6 is 23.2 Å². The Hall–Kier alpha value is -2.29. The van der Waals surface area contributed by atoms with Crippen molar-refractivity contribution >= 4 is 50.7 Å². The molecule has 0 radical (unpaired) electrons. The fraction of sp³-hybridized carbons (Fsp3) is 0.440. The number of unbranched alkanes of at least 4 members (excludes halogenated alkanes) is 1. The van der Waals surface area contributed by atoms with E-state index in [0.717, 1.165) is 34.5 Å². The number of nitrogens with one attached hydrogen (secondary N) is 1. The van der Waals surface area contributed by atoms with Gasteiger partial charge in [-0.2, -0.15) is 0 Å². The third-order valence-corrected chi connectivity index (χ3v) is 7.41. The van der Waals surface area contributed by atoms with E-state index in [2.05, 4.69) is 5.32 Å². The highest BCUT2D eigenvalue weighted by atomic mass is 35.5. The van der Waals surface area contributed by atoms with Gasteiger partial charge in [0.25, 0.3) is 0 Å². The number of amides is 2. The topological polar surface area (TPSA) is 86.8 Å². The minimum Gasteiger partial charge on any atom is -0.354 e. The van der Waals surface area contributed by atoms with Gasteiger partial charge in [-0.15, -0.1) is 0 Å². The van der Waals surface area contributed by atoms with Crippen molar-refractivity contribution in [3.63, 3.8) is 0 Å². The van der Waals surface area contributed by atoms with E-state index >= 15 is 0 Å². The molecule has 2 aromatic carbocycles. The van der Waals surface area contributed by atoms with E-state index in [1.807, 2.05) is 26.8 Å². The molecule has 0 fully saturated rings. The first-order chi connectivity index (χ1) is 16.3. The van der Waals surface area contributed by atoms with Crippen LogP contribution in [0.15, 0.2) is 36.4 Å². The van der Waals surface area contributed by atoms with E-state index < -0.39 is 28.5 Å². The molecule has 1 atom stereocenters. The average molecular weight is 543 g/mol. The standard InChI is InChI=1S/C25H33Cl2N3O4S/c1-6-7-11-28-25(32)19(4)29(15-21-22(26)9-8-10-23(21)27)24(31)16-30(35(5,33)34)20-13-17(2)12-18(3)14-20/h8-10,12-14,19H,6-7,11,15-16H2,1-5H3,(H,28,32). The van der Waals surface area contributed by atoms with Crippen LogP contribution in [-0.2, 0) is 26.2 Å². The molecule has 2 rings (SSSR count). The van der Waals surface area contributed by atoms with Crippen LogP contribution in [0.5, 0.6) is 0 Å². The van der Waals surface area contributed by atoms with Crippen LogP contribution in [0.25, 0.3) is 0 Å². The molecule has 1 unspecified atom stereocenters. The van der Waals surface area contributed by atoms with Gasteiger partial charge < -0.3 is 10.2 Å². The predicted molar refractivity (Wildman–Crippen MR) is 142 cm³/mol. The van der Waals surface area contributed by atoms with Crippen molar-refractivity contribution in [2.45, 2.75) is 53.1 Å². The minimum absolute atomic E-state index is 0.0514. The maximum absolute atomic E-state index is 13.6. The van der Waals surface area contributed by atoms with Crippen molar-refractivity contribution in [3.8, 4) is 0 Å². The van der Waals surface area contributed by atoms with Gasteiger partial charge in [-0.25, -0.2) is 8.42 Å². The molecule has 0 bridgehead atoms. The average Bonchev–Trinajstić information content (AvgIpc) is 2.75. The Balaban J connectivity index is 2.44. The Morgan fingerprint density at radius 1 is 1.06 bits per heavy atom. The Bertz CT molecular complexity index is 1130. The molecule has 2 amide bonds. The molecule has 10 heteroatoms. The second-order valence-corrected chi connectivity index (χ2v) is 11.4. The molecule has 2 aromatic rings. The smallest absolute Gasteiger partial charge is 0.244 e. The fourth-order valence-electron chi connectivity index (χ4n) is 3.68. The maximum atomic E-state index is 13.6. The van der Waals surface area contributed by atoms with Gasteiger partial charge in [-0.1, -0.05) is 48.7 Å². The van der Waals surface area contributed by atoms with Crippen LogP contribution in [0, 0.1) is 13.8 Å². The molecular weight excluding hydrogens is 509 g/mol. The molecule has 0 aromatic heterocycles. The van der Waals surface area contributed by atoms with Crippen LogP contribution in [0.3, 0.4) is 0 Å². The maximum Gasteiger partial charge on any atom is 0.244 e. The van der Waals surface area contributed by atoms with Gasteiger partial charge in [-0.3, -0.25) is 13.9 Å². The van der Waals surface area contributed by atoms with Crippen molar-refractivity contribution in [3.05, 3.63) is 63.1 Å². The summed E-state index contributed by atoms with van der Waals surface area (Å²) in [6.45, 7) is 7.27. The number of halogens is 2. The van der Waals surface area contributed by atoms with Crippen molar-refractivity contribution in [1.29, 1.82) is 0 Å². The number of anilines is 1. The summed E-state index contributed by atoms with van der Waals surface area (Å²) >= 11 is 12.7. The molecule has 0 spiro atoms. The van der Waals surface area contributed by atoms with Crippen LogP contribution < -0.4 is 9.62 Å². The number of hydrogen-bond acceptors (Lipinski definition) is 4. The summed E-state index contributed by atoms with van der Waals surface area (Å²) < 4.78 is 26.4. The zero-order valence-corrected chi connectivity index (χ0v) is 23.1. The summed E-state index contributed by atoms with van der Waals surface area (Å²) in [5.41, 5.74) is 2.60. The Kier molecular flexibility index (Phi) is 10.4. The molecule has 0 saturated carbocycles. The number of sulfonamides is 1. The van der Waals surface area contributed by atoms with E-state index in [9.17, 15) is 18.0 Å². The van der Waals surface area contributed by atoms with Crippen LogP contribution in [0.1, 0.15) is 43.4 Å². The van der Waals surface area contributed by atoms with Gasteiger partial charge in [0.1, 0.15) is 12.6 Å². The number of hydrogen-bond donors (Lipinski definition) is 1. The number of carbonyl (C=O) groups excluding carboxylic acids is 2. The highest BCUT2D eigenvalue weighted by Crippen LogP contribution is 2.27. The van der Waals surface area contributed by atoms with Gasteiger partial charge in [0.15, 0.2) is 0 Å². The lowest BCUT2D eigenvalue weighted by molar-refractivity contribution is -0.139. The molecule has 0 aliphatic heterocycles. The number of rotatable bonds is 11. The van der Waals surface area contributed by atoms with Gasteiger partial charge in [0.05, 0.1) is 11.9 Å². The first kappa shape index (κ1) is 28.9. The molecule has 0 saturated heterocycles. The van der Waals surface area contributed by atoms with Crippen molar-refractivity contribution in [1.82, 2.24) is 10.2 Å². The van der Waals surface area contributed by atoms with Gasteiger partial charge in [0, 0.05) is 28.7 Å². The largest absolute Gasteiger partial charge is 0.354 e. The summed E-state index contributed by atoms with van der Waals surface area (Å²) in [5.74, 6) is -0.893. The quantitative estimate of drug-likeness (QED) is 0.417. The Labute approximate surface area is 218 Å². The molecular formula is C25H33Cl2N3O4S. The van der Waals surface area contributed by atoms with Crippen LogP contribution in [-0.4, -0.2) is 50.5 Å². The molecule has 0 aliphatic rings. The third kappa shape index (κ3) is 8.12. The second-order valence-electron chi connectivity index (χ2n) is 8.66. The molecule has 192 valence electrons. The molecule has 0 heterocycles. The highest BCUT2D eigenvalue weighted by molar-refractivity contribution is 7.92. The number of benzene rings is 2. The molecule has 0 aliphatic carbocycles. The number of nitrogens with zero attached hydrogens (tertiary/aromatic N) is 2. The van der Waals surface area contributed by atoms with Crippen LogP contribution in [0.2, 0.25) is 10.0 Å². The molecule has 35 heavy (non-hydrogen) atoms. The third-order valence-electron chi connectivity index (χ3n) is 5.56. The first-order valence-electron chi connectivity index (χ1n) is 11.4. The summed E-state index contributed by atoms with van der Waals surface area (Å²) in [6.07, 6.45) is 2.76. The fourth-order valence-corrected chi connectivity index (χ4v) is 5.03. The van der Waals surface area contributed by atoms with Crippen molar-refractivity contribution in [2.24, 2.45) is 0 Å². The van der Waals surface area contributed by atoms with Gasteiger partial charge in [0.2, 0.25) is 21.8 Å². The van der Waals surface area contributed by atoms with Gasteiger partial charge >= 0.3 is 0 Å². The SMILES string of the molecule is CCCCNC(=O)C(C)N(Cc1c(Cl)cccc1Cl)C(=O)CN(c1cc(C)cc(C)c1)S(C)(=O)=O. The van der Waals surface area contributed by atoms with Crippen LogP contribution in [0.4, 0.5) is 5.69 Å². The lowest BCUT2D eigenvalue weighted by Crippen LogP contribution is -2.51. The predicted octanol–water partition coefficient (Wildman–Crippen LogP) is 4.71. The first-order valence-corrected chi connectivity index (χ1v) is 14.0. The summed E-state index contributed by atoms with van der Waals surface area (Å²) in [5, 5.41) is 3.53. The normalized spacial score (nSPS) is 12.2. The molecule has 1 N–H and O–H groups in total. The summed E-state index contributed by atoms with van der Waals surface area (Å²) in [6, 6.07) is 9.43. The molecule has 7 nitrogen and oxygen atoms in total. The zero-order chi connectivity index (χ0) is 26.3. The summed E-state index contributed by atoms with van der Waals surface area (Å²) in [4.78, 5) is 27.8. The zero-order valence-electron chi connectivity index (χ0n) is 20.8. The monoisotopic (exact) mass is 541 g/mol.